The highest BCUT2D eigenvalue weighted by molar-refractivity contribution is 5.80. The Labute approximate surface area is 112 Å². The van der Waals surface area contributed by atoms with Gasteiger partial charge in [-0.1, -0.05) is 12.1 Å². The van der Waals surface area contributed by atoms with Crippen molar-refractivity contribution in [1.29, 1.82) is 0 Å². The molecule has 102 valence electrons. The summed E-state index contributed by atoms with van der Waals surface area (Å²) >= 11 is 0. The Kier molecular flexibility index (Phi) is 3.27. The van der Waals surface area contributed by atoms with Crippen molar-refractivity contribution in [3.05, 3.63) is 35.6 Å². The largest absolute Gasteiger partial charge is 0.346 e. The molecule has 0 aromatic heterocycles. The zero-order valence-electron chi connectivity index (χ0n) is 10.9. The maximum absolute atomic E-state index is 13.0. The topological polar surface area (TPSA) is 41.1 Å². The Bertz CT molecular complexity index is 462. The summed E-state index contributed by atoms with van der Waals surface area (Å²) in [5.74, 6) is 0.0479. The lowest BCUT2D eigenvalue weighted by Crippen LogP contribution is -2.42. The van der Waals surface area contributed by atoms with E-state index in [-0.39, 0.29) is 23.2 Å². The third kappa shape index (κ3) is 2.63. The van der Waals surface area contributed by atoms with Crippen LogP contribution in [0.25, 0.3) is 0 Å². The molecule has 0 unspecified atom stereocenters. The Hall–Kier alpha value is -1.42. The molecule has 1 aromatic rings. The highest BCUT2D eigenvalue weighted by Crippen LogP contribution is 2.45. The van der Waals surface area contributed by atoms with Crippen molar-refractivity contribution in [1.82, 2.24) is 10.6 Å². The summed E-state index contributed by atoms with van der Waals surface area (Å²) in [7, 11) is 0. The molecule has 0 radical (unpaired) electrons. The van der Waals surface area contributed by atoms with E-state index < -0.39 is 0 Å². The Morgan fingerprint density at radius 3 is 2.42 bits per heavy atom. The molecule has 3 nitrogen and oxygen atoms in total. The Morgan fingerprint density at radius 1 is 1.21 bits per heavy atom. The highest BCUT2D eigenvalue weighted by Gasteiger charge is 2.46. The molecule has 3 rings (SSSR count). The van der Waals surface area contributed by atoms with E-state index in [1.165, 1.54) is 12.1 Å². The molecule has 1 aromatic carbocycles. The molecular formula is C15H19FN2O. The second-order valence-electron chi connectivity index (χ2n) is 5.60. The van der Waals surface area contributed by atoms with Gasteiger partial charge in [0.05, 0.1) is 5.54 Å². The highest BCUT2D eigenvalue weighted by atomic mass is 19.1. The van der Waals surface area contributed by atoms with Crippen LogP contribution >= 0.6 is 0 Å². The minimum absolute atomic E-state index is 0.124. The lowest BCUT2D eigenvalue weighted by molar-refractivity contribution is -0.126. The van der Waals surface area contributed by atoms with E-state index >= 15 is 0 Å². The fourth-order valence-electron chi connectivity index (χ4n) is 2.80. The van der Waals surface area contributed by atoms with Gasteiger partial charge in [-0.2, -0.15) is 0 Å². The molecule has 1 saturated heterocycles. The van der Waals surface area contributed by atoms with Crippen molar-refractivity contribution in [3.63, 3.8) is 0 Å². The van der Waals surface area contributed by atoms with E-state index in [0.29, 0.717) is 0 Å². The molecule has 2 fully saturated rings. The number of nitrogens with one attached hydrogen (secondary N) is 2. The average Bonchev–Trinajstić information content (AvgIpc) is 3.21. The van der Waals surface area contributed by atoms with Gasteiger partial charge in [0.15, 0.2) is 0 Å². The molecule has 4 heteroatoms. The Morgan fingerprint density at radius 2 is 1.84 bits per heavy atom. The van der Waals surface area contributed by atoms with Crippen molar-refractivity contribution in [2.75, 3.05) is 13.1 Å². The van der Waals surface area contributed by atoms with E-state index in [4.69, 9.17) is 0 Å². The van der Waals surface area contributed by atoms with Gasteiger partial charge in [0, 0.05) is 5.92 Å². The molecule has 1 saturated carbocycles. The number of hydrogen-bond donors (Lipinski definition) is 2. The monoisotopic (exact) mass is 262 g/mol. The lowest BCUT2D eigenvalue weighted by Gasteiger charge is -2.25. The number of halogens is 1. The molecule has 2 aliphatic rings. The van der Waals surface area contributed by atoms with Crippen molar-refractivity contribution in [2.24, 2.45) is 5.92 Å². The van der Waals surface area contributed by atoms with Gasteiger partial charge in [0.25, 0.3) is 0 Å². The zero-order chi connectivity index (χ0) is 13.3. The number of carbonyl (C=O) groups is 1. The van der Waals surface area contributed by atoms with Gasteiger partial charge in [-0.25, -0.2) is 4.39 Å². The van der Waals surface area contributed by atoms with E-state index in [2.05, 4.69) is 10.6 Å². The number of piperidine rings is 1. The number of carbonyl (C=O) groups excluding carboxylic acids is 1. The molecule has 1 aliphatic carbocycles. The molecule has 1 aliphatic heterocycles. The van der Waals surface area contributed by atoms with Crippen LogP contribution in [-0.4, -0.2) is 19.0 Å². The summed E-state index contributed by atoms with van der Waals surface area (Å²) in [6.07, 6.45) is 3.72. The summed E-state index contributed by atoms with van der Waals surface area (Å²) in [5, 5.41) is 6.45. The molecule has 0 bridgehead atoms. The van der Waals surface area contributed by atoms with Crippen LogP contribution in [0.4, 0.5) is 4.39 Å². The van der Waals surface area contributed by atoms with E-state index in [1.807, 2.05) is 0 Å². The first-order chi connectivity index (χ1) is 9.20. The van der Waals surface area contributed by atoms with E-state index in [0.717, 1.165) is 44.3 Å². The summed E-state index contributed by atoms with van der Waals surface area (Å²) in [6.45, 7) is 1.84. The van der Waals surface area contributed by atoms with Crippen LogP contribution < -0.4 is 10.6 Å². The number of amides is 1. The number of rotatable bonds is 3. The molecule has 0 spiro atoms. The summed E-state index contributed by atoms with van der Waals surface area (Å²) < 4.78 is 13.0. The quantitative estimate of drug-likeness (QED) is 0.874. The second kappa shape index (κ2) is 4.93. The van der Waals surface area contributed by atoms with Gasteiger partial charge in [-0.05, 0) is 56.5 Å². The number of benzene rings is 1. The molecule has 1 amide bonds. The smallest absolute Gasteiger partial charge is 0.223 e. The van der Waals surface area contributed by atoms with Crippen LogP contribution in [-0.2, 0) is 10.3 Å². The standard InChI is InChI=1S/C15H19FN2O/c16-13-3-1-12(2-4-13)15(7-8-15)18-14(19)11-5-9-17-10-6-11/h1-4,11,17H,5-10H2,(H,18,19). The normalized spacial score (nSPS) is 21.9. The molecule has 1 heterocycles. The minimum atomic E-state index is -0.232. The first-order valence-corrected chi connectivity index (χ1v) is 6.98. The van der Waals surface area contributed by atoms with Gasteiger partial charge in [-0.3, -0.25) is 4.79 Å². The molecule has 2 N–H and O–H groups in total. The predicted octanol–water partition coefficient (Wildman–Crippen LogP) is 1.93. The van der Waals surface area contributed by atoms with Crippen LogP contribution in [0.15, 0.2) is 24.3 Å². The van der Waals surface area contributed by atoms with Crippen LogP contribution in [0.1, 0.15) is 31.2 Å². The van der Waals surface area contributed by atoms with Crippen molar-refractivity contribution in [2.45, 2.75) is 31.2 Å². The maximum atomic E-state index is 13.0. The first kappa shape index (κ1) is 12.6. The van der Waals surface area contributed by atoms with Gasteiger partial charge < -0.3 is 10.6 Å². The zero-order valence-corrected chi connectivity index (χ0v) is 10.9. The van der Waals surface area contributed by atoms with Crippen LogP contribution in [0.5, 0.6) is 0 Å². The van der Waals surface area contributed by atoms with Gasteiger partial charge in [0.1, 0.15) is 5.82 Å². The average molecular weight is 262 g/mol. The third-order valence-electron chi connectivity index (χ3n) is 4.22. The first-order valence-electron chi connectivity index (χ1n) is 6.98. The van der Waals surface area contributed by atoms with Gasteiger partial charge >= 0.3 is 0 Å². The summed E-state index contributed by atoms with van der Waals surface area (Å²) in [6, 6.07) is 6.49. The van der Waals surface area contributed by atoms with Crippen LogP contribution in [0.3, 0.4) is 0 Å². The van der Waals surface area contributed by atoms with E-state index in [9.17, 15) is 9.18 Å². The van der Waals surface area contributed by atoms with Gasteiger partial charge in [-0.15, -0.1) is 0 Å². The van der Waals surface area contributed by atoms with Crippen molar-refractivity contribution in [3.8, 4) is 0 Å². The fraction of sp³-hybridized carbons (Fsp3) is 0.533. The van der Waals surface area contributed by atoms with Crippen molar-refractivity contribution >= 4 is 5.91 Å². The Balaban J connectivity index is 1.68. The van der Waals surface area contributed by atoms with Gasteiger partial charge in [0.2, 0.25) is 5.91 Å². The second-order valence-corrected chi connectivity index (χ2v) is 5.60. The minimum Gasteiger partial charge on any atom is -0.346 e. The van der Waals surface area contributed by atoms with Crippen molar-refractivity contribution < 1.29 is 9.18 Å². The molecular weight excluding hydrogens is 243 g/mol. The molecule has 0 atom stereocenters. The lowest BCUT2D eigenvalue weighted by atomic mass is 9.95. The maximum Gasteiger partial charge on any atom is 0.223 e. The summed E-state index contributed by atoms with van der Waals surface area (Å²) in [4.78, 5) is 12.3. The number of hydrogen-bond acceptors (Lipinski definition) is 2. The SMILES string of the molecule is O=C(NC1(c2ccc(F)cc2)CC1)C1CCNCC1. The third-order valence-corrected chi connectivity index (χ3v) is 4.22. The fourth-order valence-corrected chi connectivity index (χ4v) is 2.80. The van der Waals surface area contributed by atoms with Crippen LogP contribution in [0.2, 0.25) is 0 Å². The predicted molar refractivity (Wildman–Crippen MR) is 71.0 cm³/mol. The van der Waals surface area contributed by atoms with Crippen LogP contribution in [0, 0.1) is 11.7 Å². The van der Waals surface area contributed by atoms with E-state index in [1.54, 1.807) is 12.1 Å². The molecule has 19 heavy (non-hydrogen) atoms. The summed E-state index contributed by atoms with van der Waals surface area (Å²) in [5.41, 5.74) is 0.798.